The van der Waals surface area contributed by atoms with Crippen molar-refractivity contribution in [2.75, 3.05) is 6.61 Å². The fraction of sp³-hybridized carbons (Fsp3) is 0.350. The van der Waals surface area contributed by atoms with Gasteiger partial charge in [-0.1, -0.05) is 48.8 Å². The highest BCUT2D eigenvalue weighted by molar-refractivity contribution is 9.10. The van der Waals surface area contributed by atoms with E-state index in [-0.39, 0.29) is 18.0 Å². The Morgan fingerprint density at radius 3 is 2.63 bits per heavy atom. The molecule has 3 aromatic rings. The number of carbonyl (C=O) groups excluding carboxylic acids is 1. The zero-order valence-electron chi connectivity index (χ0n) is 15.5. The van der Waals surface area contributed by atoms with Crippen LogP contribution in [0.5, 0.6) is 0 Å². The summed E-state index contributed by atoms with van der Waals surface area (Å²) in [7, 11) is 0. The SMILES string of the molecule is CCc1sc2ncn(CC(=O)OCC(C)C)c(=O)c2c1-c1ccc(Br)cc1. The van der Waals surface area contributed by atoms with Crippen molar-refractivity contribution in [3.63, 3.8) is 0 Å². The summed E-state index contributed by atoms with van der Waals surface area (Å²) in [6.07, 6.45) is 2.24. The van der Waals surface area contributed by atoms with Crippen LogP contribution >= 0.6 is 27.3 Å². The van der Waals surface area contributed by atoms with Crippen LogP contribution in [0.2, 0.25) is 0 Å². The van der Waals surface area contributed by atoms with Crippen molar-refractivity contribution in [3.8, 4) is 11.1 Å². The fourth-order valence-corrected chi connectivity index (χ4v) is 4.16. The van der Waals surface area contributed by atoms with Gasteiger partial charge in [-0.05, 0) is 30.0 Å². The Labute approximate surface area is 170 Å². The van der Waals surface area contributed by atoms with Crippen LogP contribution in [0, 0.1) is 5.92 Å². The monoisotopic (exact) mass is 448 g/mol. The van der Waals surface area contributed by atoms with Crippen LogP contribution in [0.4, 0.5) is 0 Å². The first-order chi connectivity index (χ1) is 12.9. The lowest BCUT2D eigenvalue weighted by Crippen LogP contribution is -2.26. The molecule has 0 N–H and O–H groups in total. The van der Waals surface area contributed by atoms with E-state index in [1.165, 1.54) is 22.2 Å². The third kappa shape index (κ3) is 4.30. The van der Waals surface area contributed by atoms with Crippen LogP contribution in [0.3, 0.4) is 0 Å². The summed E-state index contributed by atoms with van der Waals surface area (Å²) in [4.78, 5) is 31.4. The van der Waals surface area contributed by atoms with Gasteiger partial charge < -0.3 is 4.74 Å². The standard InChI is InChI=1S/C20H21BrN2O3S/c1-4-15-17(13-5-7-14(21)8-6-13)18-19(27-15)22-11-23(20(18)25)9-16(24)26-10-12(2)3/h5-8,11-12H,4,9-10H2,1-3H3. The quantitative estimate of drug-likeness (QED) is 0.514. The zero-order chi connectivity index (χ0) is 19.6. The van der Waals surface area contributed by atoms with E-state index in [1.54, 1.807) is 0 Å². The molecule has 0 fully saturated rings. The Morgan fingerprint density at radius 1 is 1.30 bits per heavy atom. The lowest BCUT2D eigenvalue weighted by atomic mass is 10.0. The first-order valence-corrected chi connectivity index (χ1v) is 10.4. The number of ether oxygens (including phenoxy) is 1. The minimum atomic E-state index is -0.428. The maximum absolute atomic E-state index is 13.1. The number of aromatic nitrogens is 2. The summed E-state index contributed by atoms with van der Waals surface area (Å²) in [5.74, 6) is -0.178. The van der Waals surface area contributed by atoms with Crippen molar-refractivity contribution in [1.29, 1.82) is 0 Å². The highest BCUT2D eigenvalue weighted by Gasteiger charge is 2.19. The second-order valence-corrected chi connectivity index (χ2v) is 8.69. The van der Waals surface area contributed by atoms with Gasteiger partial charge in [0.15, 0.2) is 0 Å². The normalized spacial score (nSPS) is 11.3. The molecule has 0 aliphatic rings. The van der Waals surface area contributed by atoms with Crippen LogP contribution in [0.25, 0.3) is 21.3 Å². The van der Waals surface area contributed by atoms with Gasteiger partial charge in [0, 0.05) is 14.9 Å². The zero-order valence-corrected chi connectivity index (χ0v) is 17.9. The third-order valence-electron chi connectivity index (χ3n) is 4.08. The maximum atomic E-state index is 13.1. The molecule has 2 heterocycles. The molecule has 7 heteroatoms. The van der Waals surface area contributed by atoms with Gasteiger partial charge in [0.2, 0.25) is 0 Å². The van der Waals surface area contributed by atoms with Gasteiger partial charge in [-0.25, -0.2) is 4.98 Å². The molecule has 0 spiro atoms. The molecule has 0 radical (unpaired) electrons. The van der Waals surface area contributed by atoms with E-state index >= 15 is 0 Å². The van der Waals surface area contributed by atoms with Gasteiger partial charge in [0.25, 0.3) is 5.56 Å². The molecule has 0 saturated carbocycles. The Morgan fingerprint density at radius 2 is 2.00 bits per heavy atom. The number of esters is 1. The summed E-state index contributed by atoms with van der Waals surface area (Å²) in [6, 6.07) is 7.88. The number of benzene rings is 1. The number of aryl methyl sites for hydroxylation is 1. The van der Waals surface area contributed by atoms with Gasteiger partial charge in [-0.2, -0.15) is 0 Å². The molecular weight excluding hydrogens is 428 g/mol. The van der Waals surface area contributed by atoms with Gasteiger partial charge in [0.05, 0.1) is 18.3 Å². The Kier molecular flexibility index (Phi) is 6.11. The van der Waals surface area contributed by atoms with Crippen molar-refractivity contribution in [1.82, 2.24) is 9.55 Å². The molecule has 0 unspecified atom stereocenters. The molecule has 5 nitrogen and oxygen atoms in total. The van der Waals surface area contributed by atoms with E-state index in [2.05, 4.69) is 27.8 Å². The minimum Gasteiger partial charge on any atom is -0.464 e. The molecule has 27 heavy (non-hydrogen) atoms. The van der Waals surface area contributed by atoms with E-state index < -0.39 is 5.97 Å². The summed E-state index contributed by atoms with van der Waals surface area (Å²) >= 11 is 4.97. The molecular formula is C20H21BrN2O3S. The fourth-order valence-electron chi connectivity index (χ4n) is 2.80. The molecule has 0 saturated heterocycles. The minimum absolute atomic E-state index is 0.133. The van der Waals surface area contributed by atoms with Crippen LogP contribution in [0.15, 0.2) is 39.9 Å². The number of fused-ring (bicyclic) bond motifs is 1. The second-order valence-electron chi connectivity index (χ2n) is 6.70. The van der Waals surface area contributed by atoms with E-state index in [0.717, 1.165) is 26.9 Å². The van der Waals surface area contributed by atoms with E-state index in [0.29, 0.717) is 16.8 Å². The van der Waals surface area contributed by atoms with E-state index in [9.17, 15) is 9.59 Å². The first-order valence-electron chi connectivity index (χ1n) is 8.83. The van der Waals surface area contributed by atoms with Crippen LogP contribution in [-0.4, -0.2) is 22.1 Å². The predicted molar refractivity (Wildman–Crippen MR) is 112 cm³/mol. The van der Waals surface area contributed by atoms with Crippen LogP contribution in [0.1, 0.15) is 25.6 Å². The number of hydrogen-bond acceptors (Lipinski definition) is 5. The summed E-state index contributed by atoms with van der Waals surface area (Å²) < 4.78 is 7.51. The largest absolute Gasteiger partial charge is 0.464 e. The summed E-state index contributed by atoms with van der Waals surface area (Å²) in [5, 5.41) is 0.568. The Balaban J connectivity index is 2.06. The van der Waals surface area contributed by atoms with Gasteiger partial charge in [-0.15, -0.1) is 11.3 Å². The highest BCUT2D eigenvalue weighted by Crippen LogP contribution is 2.36. The van der Waals surface area contributed by atoms with Crippen molar-refractivity contribution in [3.05, 3.63) is 50.3 Å². The second kappa shape index (κ2) is 8.35. The maximum Gasteiger partial charge on any atom is 0.326 e. The molecule has 0 bridgehead atoms. The topological polar surface area (TPSA) is 61.2 Å². The molecule has 0 atom stereocenters. The summed E-state index contributed by atoms with van der Waals surface area (Å²) in [6.45, 7) is 6.21. The lowest BCUT2D eigenvalue weighted by molar-refractivity contribution is -0.145. The highest BCUT2D eigenvalue weighted by atomic mass is 79.9. The number of hydrogen-bond donors (Lipinski definition) is 0. The van der Waals surface area contributed by atoms with Gasteiger partial charge >= 0.3 is 5.97 Å². The van der Waals surface area contributed by atoms with Gasteiger partial charge in [0.1, 0.15) is 11.4 Å². The van der Waals surface area contributed by atoms with E-state index in [4.69, 9.17) is 4.74 Å². The number of carbonyl (C=O) groups is 1. The van der Waals surface area contributed by atoms with E-state index in [1.807, 2.05) is 38.1 Å². The van der Waals surface area contributed by atoms with Crippen molar-refractivity contribution in [2.24, 2.45) is 5.92 Å². The predicted octanol–water partition coefficient (Wildman–Crippen LogP) is 4.65. The summed E-state index contributed by atoms with van der Waals surface area (Å²) in [5.41, 5.74) is 1.67. The average Bonchev–Trinajstić information content (AvgIpc) is 3.02. The smallest absolute Gasteiger partial charge is 0.326 e. The number of halogens is 1. The molecule has 0 aliphatic heterocycles. The Bertz CT molecular complexity index is 1020. The van der Waals surface area contributed by atoms with Gasteiger partial charge in [-0.3, -0.25) is 14.2 Å². The lowest BCUT2D eigenvalue weighted by Gasteiger charge is -2.09. The number of rotatable bonds is 6. The van der Waals surface area contributed by atoms with Crippen molar-refractivity contribution >= 4 is 43.5 Å². The Hall–Kier alpha value is -1.99. The molecule has 0 amide bonds. The number of thiophene rings is 1. The molecule has 3 rings (SSSR count). The molecule has 1 aromatic carbocycles. The van der Waals surface area contributed by atoms with Crippen molar-refractivity contribution < 1.29 is 9.53 Å². The molecule has 142 valence electrons. The average molecular weight is 449 g/mol. The molecule has 0 aliphatic carbocycles. The third-order valence-corrected chi connectivity index (χ3v) is 5.85. The van der Waals surface area contributed by atoms with Crippen molar-refractivity contribution in [2.45, 2.75) is 33.7 Å². The van der Waals surface area contributed by atoms with Crippen LogP contribution in [-0.2, 0) is 22.5 Å². The molecule has 2 aromatic heterocycles. The number of nitrogens with zero attached hydrogens (tertiary/aromatic N) is 2. The van der Waals surface area contributed by atoms with Crippen LogP contribution < -0.4 is 5.56 Å². The first kappa shape index (κ1) is 19.8.